The number of fused-ring (bicyclic) bond motifs is 1. The highest BCUT2D eigenvalue weighted by atomic mass is 32.2. The van der Waals surface area contributed by atoms with Crippen LogP contribution in [0.25, 0.3) is 5.57 Å². The molecule has 0 aromatic heterocycles. The van der Waals surface area contributed by atoms with E-state index in [0.717, 1.165) is 11.1 Å². The highest BCUT2D eigenvalue weighted by molar-refractivity contribution is 7.79. The molecule has 6 heteroatoms. The van der Waals surface area contributed by atoms with Crippen LogP contribution in [0.4, 0.5) is 4.39 Å². The molecule has 0 saturated heterocycles. The van der Waals surface area contributed by atoms with E-state index in [4.69, 9.17) is 4.55 Å². The molecule has 4 nitrogen and oxygen atoms in total. The molecule has 22 heavy (non-hydrogen) atoms. The maximum absolute atomic E-state index is 13.4. The topological polar surface area (TPSA) is 66.7 Å². The van der Waals surface area contributed by atoms with E-state index < -0.39 is 11.1 Å². The number of carbonyl (C=O) groups is 1. The number of nitrogens with zero attached hydrogens (tertiary/aromatic N) is 1. The largest absolute Gasteiger partial charge is 0.306 e. The van der Waals surface area contributed by atoms with Crippen LogP contribution < -0.4 is 0 Å². The summed E-state index contributed by atoms with van der Waals surface area (Å²) in [5.41, 5.74) is 4.06. The van der Waals surface area contributed by atoms with Gasteiger partial charge in [-0.25, -0.2) is 8.60 Å². The average Bonchev–Trinajstić information content (AvgIpc) is 2.92. The lowest BCUT2D eigenvalue weighted by Crippen LogP contribution is -1.98. The zero-order valence-corrected chi connectivity index (χ0v) is 12.7. The number of hydrogen-bond acceptors (Lipinski definition) is 3. The molecule has 0 spiro atoms. The molecule has 0 radical (unpaired) electrons. The summed E-state index contributed by atoms with van der Waals surface area (Å²) in [6.07, 6.45) is 2.48. The molecule has 1 aromatic carbocycles. The Kier molecular flexibility index (Phi) is 3.88. The first-order chi connectivity index (χ1) is 10.4. The Morgan fingerprint density at radius 2 is 2.18 bits per heavy atom. The summed E-state index contributed by atoms with van der Waals surface area (Å²) in [5.74, 6) is -0.448. The molecule has 1 aromatic rings. The van der Waals surface area contributed by atoms with Crippen molar-refractivity contribution < 1.29 is 17.9 Å². The van der Waals surface area contributed by atoms with E-state index in [9.17, 15) is 13.4 Å². The second-order valence-electron chi connectivity index (χ2n) is 5.43. The van der Waals surface area contributed by atoms with E-state index in [2.05, 4.69) is 4.99 Å². The van der Waals surface area contributed by atoms with Crippen molar-refractivity contribution in [2.24, 2.45) is 4.99 Å². The summed E-state index contributed by atoms with van der Waals surface area (Å²) in [6, 6.07) is 4.35. The van der Waals surface area contributed by atoms with Gasteiger partial charge in [-0.15, -0.1) is 0 Å². The lowest BCUT2D eigenvalue weighted by atomic mass is 10.0. The van der Waals surface area contributed by atoms with Crippen molar-refractivity contribution >= 4 is 28.1 Å². The molecular formula is C16H14FNO3S. The number of Topliss-reactive ketones (excluding diaryl/α,β-unsaturated/α-hetero) is 1. The summed E-state index contributed by atoms with van der Waals surface area (Å²) < 4.78 is 33.3. The van der Waals surface area contributed by atoms with Crippen LogP contribution in [-0.4, -0.2) is 26.0 Å². The standard InChI is InChI=1S/C16H14FNO3S/c1-9-4-12(18-15(9)8-22(20)21)7-14-13-6-11(17)3-2-10(13)5-16(14)19/h2-3,6-7H,4-5,8H2,1H3,(H,20,21)/b14-7-. The Morgan fingerprint density at radius 3 is 2.91 bits per heavy atom. The van der Waals surface area contributed by atoms with Gasteiger partial charge >= 0.3 is 0 Å². The van der Waals surface area contributed by atoms with Gasteiger partial charge in [0.05, 0.1) is 11.4 Å². The minimum Gasteiger partial charge on any atom is -0.306 e. The van der Waals surface area contributed by atoms with Crippen molar-refractivity contribution in [1.82, 2.24) is 0 Å². The van der Waals surface area contributed by atoms with Crippen LogP contribution >= 0.6 is 0 Å². The molecular weight excluding hydrogens is 305 g/mol. The smallest absolute Gasteiger partial charge is 0.167 e. The number of hydrogen-bond donors (Lipinski definition) is 1. The minimum absolute atomic E-state index is 0.0162. The Hall–Kier alpha value is -1.92. The maximum Gasteiger partial charge on any atom is 0.167 e. The second kappa shape index (κ2) is 5.70. The van der Waals surface area contributed by atoms with Crippen molar-refractivity contribution in [2.45, 2.75) is 19.8 Å². The van der Waals surface area contributed by atoms with Gasteiger partial charge in [-0.2, -0.15) is 0 Å². The van der Waals surface area contributed by atoms with Crippen molar-refractivity contribution in [1.29, 1.82) is 0 Å². The average molecular weight is 319 g/mol. The molecule has 1 unspecified atom stereocenters. The van der Waals surface area contributed by atoms with Crippen molar-refractivity contribution in [3.63, 3.8) is 0 Å². The molecule has 1 aliphatic heterocycles. The third-order valence-corrected chi connectivity index (χ3v) is 4.32. The van der Waals surface area contributed by atoms with E-state index in [1.165, 1.54) is 12.1 Å². The number of carbonyl (C=O) groups excluding carboxylic acids is 1. The lowest BCUT2D eigenvalue weighted by molar-refractivity contribution is -0.112. The first kappa shape index (κ1) is 15.0. The highest BCUT2D eigenvalue weighted by Crippen LogP contribution is 2.31. The fourth-order valence-electron chi connectivity index (χ4n) is 2.73. The fourth-order valence-corrected chi connectivity index (χ4v) is 3.28. The highest BCUT2D eigenvalue weighted by Gasteiger charge is 2.26. The quantitative estimate of drug-likeness (QED) is 0.688. The van der Waals surface area contributed by atoms with Crippen molar-refractivity contribution in [3.8, 4) is 0 Å². The van der Waals surface area contributed by atoms with E-state index in [1.807, 2.05) is 6.92 Å². The number of rotatable bonds is 3. The van der Waals surface area contributed by atoms with Gasteiger partial charge in [0.15, 0.2) is 16.9 Å². The van der Waals surface area contributed by atoms with Gasteiger partial charge in [-0.05, 0) is 41.8 Å². The predicted molar refractivity (Wildman–Crippen MR) is 83.5 cm³/mol. The third-order valence-electron chi connectivity index (χ3n) is 3.80. The monoisotopic (exact) mass is 319 g/mol. The Bertz CT molecular complexity index is 793. The van der Waals surface area contributed by atoms with Gasteiger partial charge < -0.3 is 4.55 Å². The molecule has 2 aliphatic rings. The number of ketones is 1. The summed E-state index contributed by atoms with van der Waals surface area (Å²) in [5, 5.41) is 0. The molecule has 114 valence electrons. The molecule has 0 amide bonds. The Morgan fingerprint density at radius 1 is 1.41 bits per heavy atom. The minimum atomic E-state index is -1.94. The number of benzene rings is 1. The van der Waals surface area contributed by atoms with Crippen molar-refractivity contribution in [2.75, 3.05) is 5.75 Å². The first-order valence-corrected chi connectivity index (χ1v) is 8.09. The van der Waals surface area contributed by atoms with Crippen LogP contribution in [0.2, 0.25) is 0 Å². The normalized spacial score (nSPS) is 20.6. The zero-order chi connectivity index (χ0) is 15.9. The molecule has 1 N–H and O–H groups in total. The van der Waals surface area contributed by atoms with E-state index >= 15 is 0 Å². The SMILES string of the molecule is CC1=C(CS(=O)O)N=C(/C=C2\C(=O)Cc3ccc(F)cc32)C1. The third kappa shape index (κ3) is 2.84. The molecule has 1 atom stereocenters. The van der Waals surface area contributed by atoms with Crippen LogP contribution in [0, 0.1) is 5.82 Å². The lowest BCUT2D eigenvalue weighted by Gasteiger charge is -2.00. The number of halogens is 1. The van der Waals surface area contributed by atoms with Gasteiger partial charge in [0.1, 0.15) is 5.82 Å². The Balaban J connectivity index is 1.93. The molecule has 0 bridgehead atoms. The molecule has 3 rings (SSSR count). The van der Waals surface area contributed by atoms with E-state index in [0.29, 0.717) is 29.0 Å². The molecule has 0 saturated carbocycles. The van der Waals surface area contributed by atoms with E-state index in [-0.39, 0.29) is 23.8 Å². The summed E-state index contributed by atoms with van der Waals surface area (Å²) in [6.45, 7) is 1.85. The van der Waals surface area contributed by atoms with Crippen LogP contribution in [0.5, 0.6) is 0 Å². The van der Waals surface area contributed by atoms with Crippen molar-refractivity contribution in [3.05, 3.63) is 52.5 Å². The Labute approximate surface area is 129 Å². The van der Waals surface area contributed by atoms with Gasteiger partial charge in [-0.3, -0.25) is 9.79 Å². The summed E-state index contributed by atoms with van der Waals surface area (Å²) in [7, 11) is 0. The fraction of sp³-hybridized carbons (Fsp3) is 0.250. The van der Waals surface area contributed by atoms with Crippen LogP contribution in [-0.2, 0) is 22.3 Å². The van der Waals surface area contributed by atoms with E-state index in [1.54, 1.807) is 12.1 Å². The second-order valence-corrected chi connectivity index (χ2v) is 6.36. The van der Waals surface area contributed by atoms with Gasteiger partial charge in [-0.1, -0.05) is 6.07 Å². The number of allylic oxidation sites excluding steroid dienone is 3. The van der Waals surface area contributed by atoms with Gasteiger partial charge in [0, 0.05) is 24.1 Å². The molecule has 0 fully saturated rings. The predicted octanol–water partition coefficient (Wildman–Crippen LogP) is 2.67. The van der Waals surface area contributed by atoms with Gasteiger partial charge in [0.2, 0.25) is 0 Å². The van der Waals surface area contributed by atoms with Crippen LogP contribution in [0.3, 0.4) is 0 Å². The number of aliphatic imine (C=N–C) groups is 1. The molecule has 1 heterocycles. The first-order valence-electron chi connectivity index (χ1n) is 6.81. The molecule has 1 aliphatic carbocycles. The maximum atomic E-state index is 13.4. The summed E-state index contributed by atoms with van der Waals surface area (Å²) in [4.78, 5) is 16.4. The van der Waals surface area contributed by atoms with Gasteiger partial charge in [0.25, 0.3) is 0 Å². The van der Waals surface area contributed by atoms with Crippen LogP contribution in [0.1, 0.15) is 24.5 Å². The zero-order valence-electron chi connectivity index (χ0n) is 11.9. The summed E-state index contributed by atoms with van der Waals surface area (Å²) >= 11 is -1.94. The van der Waals surface area contributed by atoms with Crippen LogP contribution in [0.15, 0.2) is 40.5 Å².